The van der Waals surface area contributed by atoms with Crippen LogP contribution in [0.25, 0.3) is 0 Å². The van der Waals surface area contributed by atoms with Gasteiger partial charge in [-0.05, 0) is 59.0 Å². The van der Waals surface area contributed by atoms with E-state index in [0.717, 1.165) is 14.1 Å². The van der Waals surface area contributed by atoms with Crippen LogP contribution in [0.1, 0.15) is 0 Å². The lowest BCUT2D eigenvalue weighted by Crippen LogP contribution is -2.37. The fourth-order valence-electron chi connectivity index (χ4n) is 1.89. The molecule has 0 spiro atoms. The molecule has 0 radical (unpaired) electrons. The smallest absolute Gasteiger partial charge is 0.245 e. The SMILES string of the molecule is CS(=O)(=O)N(CC(=O)Nc1ccccc1F)c1ccc(I)cc1. The van der Waals surface area contributed by atoms with Crippen LogP contribution in [-0.4, -0.2) is 27.1 Å². The maximum absolute atomic E-state index is 13.5. The molecule has 0 aliphatic rings. The molecule has 0 heterocycles. The predicted molar refractivity (Wildman–Crippen MR) is 96.4 cm³/mol. The van der Waals surface area contributed by atoms with E-state index in [9.17, 15) is 17.6 Å². The Morgan fingerprint density at radius 2 is 1.78 bits per heavy atom. The van der Waals surface area contributed by atoms with Crippen LogP contribution in [0.4, 0.5) is 15.8 Å². The van der Waals surface area contributed by atoms with Gasteiger partial charge in [0.1, 0.15) is 12.4 Å². The van der Waals surface area contributed by atoms with Crippen LogP contribution in [0.5, 0.6) is 0 Å². The summed E-state index contributed by atoms with van der Waals surface area (Å²) in [5.74, 6) is -1.21. The Labute approximate surface area is 147 Å². The molecule has 0 aliphatic carbocycles. The van der Waals surface area contributed by atoms with E-state index in [0.29, 0.717) is 5.69 Å². The molecule has 0 atom stereocenters. The second kappa shape index (κ2) is 7.26. The Hall–Kier alpha value is -1.68. The zero-order valence-electron chi connectivity index (χ0n) is 12.2. The van der Waals surface area contributed by atoms with Gasteiger partial charge >= 0.3 is 0 Å². The molecule has 0 aliphatic heterocycles. The highest BCUT2D eigenvalue weighted by atomic mass is 127. The number of nitrogens with one attached hydrogen (secondary N) is 1. The van der Waals surface area contributed by atoms with E-state index in [4.69, 9.17) is 0 Å². The van der Waals surface area contributed by atoms with E-state index in [-0.39, 0.29) is 5.69 Å². The molecule has 5 nitrogen and oxygen atoms in total. The fraction of sp³-hybridized carbons (Fsp3) is 0.133. The first-order valence-electron chi connectivity index (χ1n) is 6.55. The van der Waals surface area contributed by atoms with Crippen LogP contribution in [0.15, 0.2) is 48.5 Å². The van der Waals surface area contributed by atoms with E-state index < -0.39 is 28.3 Å². The number of sulfonamides is 1. The van der Waals surface area contributed by atoms with Crippen LogP contribution < -0.4 is 9.62 Å². The van der Waals surface area contributed by atoms with Crippen molar-refractivity contribution in [1.82, 2.24) is 0 Å². The zero-order valence-corrected chi connectivity index (χ0v) is 15.1. The standard InChI is InChI=1S/C15H14FIN2O3S/c1-23(21,22)19(12-8-6-11(17)7-9-12)10-15(20)18-14-5-3-2-4-13(14)16/h2-9H,10H2,1H3,(H,18,20). The van der Waals surface area contributed by atoms with E-state index in [1.807, 2.05) is 0 Å². The summed E-state index contributed by atoms with van der Waals surface area (Å²) in [6, 6.07) is 12.4. The molecule has 0 saturated heterocycles. The van der Waals surface area contributed by atoms with Crippen LogP contribution in [0.3, 0.4) is 0 Å². The summed E-state index contributed by atoms with van der Waals surface area (Å²) in [6.07, 6.45) is 1.02. The number of amides is 1. The van der Waals surface area contributed by atoms with Crippen molar-refractivity contribution in [3.63, 3.8) is 0 Å². The summed E-state index contributed by atoms with van der Waals surface area (Å²) in [5, 5.41) is 2.37. The molecule has 2 aromatic rings. The minimum absolute atomic E-state index is 0.00793. The molecule has 8 heteroatoms. The lowest BCUT2D eigenvalue weighted by molar-refractivity contribution is -0.114. The summed E-state index contributed by atoms with van der Waals surface area (Å²) < 4.78 is 39.3. The van der Waals surface area contributed by atoms with Crippen LogP contribution in [0, 0.1) is 9.39 Å². The van der Waals surface area contributed by atoms with Gasteiger partial charge in [0.05, 0.1) is 17.6 Å². The van der Waals surface area contributed by atoms with Gasteiger partial charge in [-0.2, -0.15) is 0 Å². The minimum Gasteiger partial charge on any atom is -0.322 e. The molecule has 1 N–H and O–H groups in total. The topological polar surface area (TPSA) is 66.5 Å². The molecule has 122 valence electrons. The molecule has 2 aromatic carbocycles. The molecule has 1 amide bonds. The Bertz CT molecular complexity index is 810. The van der Waals surface area contributed by atoms with E-state index in [1.165, 1.54) is 18.2 Å². The van der Waals surface area contributed by atoms with Crippen molar-refractivity contribution in [3.05, 3.63) is 57.9 Å². The Balaban J connectivity index is 2.20. The van der Waals surface area contributed by atoms with Gasteiger partial charge in [0, 0.05) is 3.57 Å². The maximum atomic E-state index is 13.5. The molecular formula is C15H14FIN2O3S. The van der Waals surface area contributed by atoms with Crippen molar-refractivity contribution in [2.45, 2.75) is 0 Å². The second-order valence-corrected chi connectivity index (χ2v) is 7.93. The summed E-state index contributed by atoms with van der Waals surface area (Å²) >= 11 is 2.10. The van der Waals surface area contributed by atoms with Crippen molar-refractivity contribution in [1.29, 1.82) is 0 Å². The van der Waals surface area contributed by atoms with Gasteiger partial charge in [-0.25, -0.2) is 12.8 Å². The second-order valence-electron chi connectivity index (χ2n) is 4.77. The number of benzene rings is 2. The normalized spacial score (nSPS) is 11.1. The summed E-state index contributed by atoms with van der Waals surface area (Å²) in [7, 11) is -3.65. The zero-order chi connectivity index (χ0) is 17.0. The fourth-order valence-corrected chi connectivity index (χ4v) is 3.11. The number of para-hydroxylation sites is 1. The van der Waals surface area contributed by atoms with Crippen molar-refractivity contribution < 1.29 is 17.6 Å². The Morgan fingerprint density at radius 3 is 2.35 bits per heavy atom. The van der Waals surface area contributed by atoms with Crippen molar-refractivity contribution in [3.8, 4) is 0 Å². The molecule has 0 unspecified atom stereocenters. The van der Waals surface area contributed by atoms with Crippen molar-refractivity contribution >= 4 is 49.9 Å². The van der Waals surface area contributed by atoms with Gasteiger partial charge < -0.3 is 5.32 Å². The highest BCUT2D eigenvalue weighted by Gasteiger charge is 2.21. The molecule has 23 heavy (non-hydrogen) atoms. The van der Waals surface area contributed by atoms with E-state index in [2.05, 4.69) is 27.9 Å². The third kappa shape index (κ3) is 4.90. The minimum atomic E-state index is -3.65. The number of hydrogen-bond donors (Lipinski definition) is 1. The van der Waals surface area contributed by atoms with Gasteiger partial charge in [0.2, 0.25) is 15.9 Å². The molecule has 0 aromatic heterocycles. The average molecular weight is 448 g/mol. The van der Waals surface area contributed by atoms with Crippen LogP contribution in [-0.2, 0) is 14.8 Å². The summed E-state index contributed by atoms with van der Waals surface area (Å²) in [6.45, 7) is -0.437. The molecule has 0 bridgehead atoms. The quantitative estimate of drug-likeness (QED) is 0.716. The average Bonchev–Trinajstić information content (AvgIpc) is 2.47. The largest absolute Gasteiger partial charge is 0.322 e. The lowest BCUT2D eigenvalue weighted by Gasteiger charge is -2.22. The number of carbonyl (C=O) groups excluding carboxylic acids is 1. The number of carbonyl (C=O) groups is 1. The van der Waals surface area contributed by atoms with Gasteiger partial charge in [-0.1, -0.05) is 12.1 Å². The Morgan fingerprint density at radius 1 is 1.17 bits per heavy atom. The number of anilines is 2. The molecule has 2 rings (SSSR count). The van der Waals surface area contributed by atoms with Gasteiger partial charge in [0.25, 0.3) is 0 Å². The highest BCUT2D eigenvalue weighted by molar-refractivity contribution is 14.1. The van der Waals surface area contributed by atoms with Gasteiger partial charge in [-0.15, -0.1) is 0 Å². The molecule has 0 saturated carbocycles. The Kier molecular flexibility index (Phi) is 5.58. The van der Waals surface area contributed by atoms with E-state index in [1.54, 1.807) is 30.3 Å². The first-order valence-corrected chi connectivity index (χ1v) is 9.48. The number of nitrogens with zero attached hydrogens (tertiary/aromatic N) is 1. The number of rotatable bonds is 5. The number of hydrogen-bond acceptors (Lipinski definition) is 3. The molecule has 0 fully saturated rings. The predicted octanol–water partition coefficient (Wildman–Crippen LogP) is 2.84. The maximum Gasteiger partial charge on any atom is 0.245 e. The summed E-state index contributed by atoms with van der Waals surface area (Å²) in [4.78, 5) is 12.1. The number of halogens is 2. The first-order chi connectivity index (χ1) is 10.8. The summed E-state index contributed by atoms with van der Waals surface area (Å²) in [5.41, 5.74) is 0.380. The van der Waals surface area contributed by atoms with Crippen LogP contribution >= 0.6 is 22.6 Å². The third-order valence-electron chi connectivity index (χ3n) is 2.95. The lowest BCUT2D eigenvalue weighted by atomic mass is 10.3. The highest BCUT2D eigenvalue weighted by Crippen LogP contribution is 2.19. The van der Waals surface area contributed by atoms with Crippen molar-refractivity contribution in [2.75, 3.05) is 22.4 Å². The third-order valence-corrected chi connectivity index (χ3v) is 4.81. The van der Waals surface area contributed by atoms with Crippen LogP contribution in [0.2, 0.25) is 0 Å². The molecular weight excluding hydrogens is 434 g/mol. The van der Waals surface area contributed by atoms with Gasteiger partial charge in [-0.3, -0.25) is 9.10 Å². The monoisotopic (exact) mass is 448 g/mol. The van der Waals surface area contributed by atoms with Crippen molar-refractivity contribution in [2.24, 2.45) is 0 Å². The van der Waals surface area contributed by atoms with Gasteiger partial charge in [0.15, 0.2) is 0 Å². The first kappa shape index (κ1) is 17.7. The van der Waals surface area contributed by atoms with E-state index >= 15 is 0 Å².